The number of hydrazone groups is 1. The molecule has 14 heavy (non-hydrogen) atoms. The normalized spacial score (nSPS) is 14.1. The van der Waals surface area contributed by atoms with Crippen molar-refractivity contribution in [3.8, 4) is 0 Å². The van der Waals surface area contributed by atoms with Crippen LogP contribution in [-0.2, 0) is 0 Å². The summed E-state index contributed by atoms with van der Waals surface area (Å²) in [6.45, 7) is 0. The molecule has 0 spiro atoms. The maximum Gasteiger partial charge on any atom is 0.250 e. The van der Waals surface area contributed by atoms with E-state index in [1.54, 1.807) is 23.2 Å². The molecule has 0 radical (unpaired) electrons. The maximum atomic E-state index is 11.1. The topological polar surface area (TPSA) is 82.8 Å². The monoisotopic (exact) mass is 191 g/mol. The molecule has 1 heterocycles. The lowest BCUT2D eigenvalue weighted by Crippen LogP contribution is -2.38. The first-order valence-electron chi connectivity index (χ1n) is 4.01. The van der Waals surface area contributed by atoms with E-state index in [-0.39, 0.29) is 0 Å². The fraction of sp³-hybridized carbons (Fsp3) is 0. The number of primary amides is 1. The predicted molar refractivity (Wildman–Crippen MR) is 52.2 cm³/mol. The van der Waals surface area contributed by atoms with E-state index in [1.807, 2.05) is 6.07 Å². The molecular formula is C8H9N5O. The number of hydrazine groups is 2. The largest absolute Gasteiger partial charge is 0.366 e. The highest BCUT2D eigenvalue weighted by molar-refractivity contribution is 6.01. The zero-order valence-electron chi connectivity index (χ0n) is 7.27. The fourth-order valence-corrected chi connectivity index (χ4v) is 1.21. The number of hydrogen-bond donors (Lipinski definition) is 3. The Morgan fingerprint density at radius 2 is 2.21 bits per heavy atom. The first-order valence-corrected chi connectivity index (χ1v) is 4.01. The lowest BCUT2D eigenvalue weighted by atomic mass is 10.1. The SMILES string of the molecule is NC(=O)c1ccccc1N1C=NNN1. The lowest BCUT2D eigenvalue weighted by Gasteiger charge is -2.15. The number of benzene rings is 1. The van der Waals surface area contributed by atoms with Crippen molar-refractivity contribution in [2.24, 2.45) is 10.8 Å². The second kappa shape index (κ2) is 3.35. The molecule has 0 aliphatic carbocycles. The number of carbonyl (C=O) groups is 1. The van der Waals surface area contributed by atoms with Crippen molar-refractivity contribution in [3.05, 3.63) is 29.8 Å². The number of hydrogen-bond acceptors (Lipinski definition) is 5. The van der Waals surface area contributed by atoms with Gasteiger partial charge < -0.3 is 5.73 Å². The summed E-state index contributed by atoms with van der Waals surface area (Å²) in [4.78, 5) is 11.1. The Morgan fingerprint density at radius 3 is 2.86 bits per heavy atom. The van der Waals surface area contributed by atoms with Crippen molar-refractivity contribution >= 4 is 17.9 Å². The number of para-hydroxylation sites is 1. The van der Waals surface area contributed by atoms with Crippen LogP contribution < -0.4 is 21.8 Å². The van der Waals surface area contributed by atoms with Gasteiger partial charge in [-0.25, -0.2) is 10.5 Å². The van der Waals surface area contributed by atoms with Gasteiger partial charge in [0.25, 0.3) is 5.91 Å². The van der Waals surface area contributed by atoms with Crippen LogP contribution in [0.15, 0.2) is 29.4 Å². The third-order valence-corrected chi connectivity index (χ3v) is 1.84. The summed E-state index contributed by atoms with van der Waals surface area (Å²) < 4.78 is 0. The number of nitrogens with one attached hydrogen (secondary N) is 2. The lowest BCUT2D eigenvalue weighted by molar-refractivity contribution is 0.100. The summed E-state index contributed by atoms with van der Waals surface area (Å²) in [5.74, 6) is -0.470. The average molecular weight is 191 g/mol. The van der Waals surface area contributed by atoms with Gasteiger partial charge in [-0.3, -0.25) is 4.79 Å². The molecule has 0 aromatic heterocycles. The smallest absolute Gasteiger partial charge is 0.250 e. The fourth-order valence-electron chi connectivity index (χ4n) is 1.21. The van der Waals surface area contributed by atoms with Crippen LogP contribution in [0.3, 0.4) is 0 Å². The van der Waals surface area contributed by atoms with Gasteiger partial charge in [-0.05, 0) is 12.1 Å². The van der Waals surface area contributed by atoms with E-state index < -0.39 is 5.91 Å². The van der Waals surface area contributed by atoms with E-state index in [0.29, 0.717) is 11.3 Å². The molecule has 0 saturated carbocycles. The number of carbonyl (C=O) groups excluding carboxylic acids is 1. The average Bonchev–Trinajstić information content (AvgIpc) is 2.70. The van der Waals surface area contributed by atoms with Gasteiger partial charge in [0, 0.05) is 0 Å². The molecule has 2 rings (SSSR count). The molecule has 0 bridgehead atoms. The summed E-state index contributed by atoms with van der Waals surface area (Å²) in [7, 11) is 0. The van der Waals surface area contributed by atoms with Crippen LogP contribution in [0.1, 0.15) is 10.4 Å². The summed E-state index contributed by atoms with van der Waals surface area (Å²) in [5.41, 5.74) is 11.6. The van der Waals surface area contributed by atoms with Gasteiger partial charge in [-0.15, -0.1) is 5.53 Å². The van der Waals surface area contributed by atoms with Crippen molar-refractivity contribution in [2.45, 2.75) is 0 Å². The molecule has 1 amide bonds. The third kappa shape index (κ3) is 1.38. The number of amides is 1. The van der Waals surface area contributed by atoms with E-state index in [2.05, 4.69) is 16.2 Å². The summed E-state index contributed by atoms with van der Waals surface area (Å²) in [6, 6.07) is 7.00. The molecule has 72 valence electrons. The van der Waals surface area contributed by atoms with Crippen molar-refractivity contribution < 1.29 is 4.79 Å². The molecule has 4 N–H and O–H groups in total. The summed E-state index contributed by atoms with van der Waals surface area (Å²) >= 11 is 0. The zero-order chi connectivity index (χ0) is 9.97. The molecule has 0 atom stereocenters. The second-order valence-electron chi connectivity index (χ2n) is 2.72. The Bertz CT molecular complexity index is 389. The summed E-state index contributed by atoms with van der Waals surface area (Å²) in [6.07, 6.45) is 1.52. The quantitative estimate of drug-likeness (QED) is 0.591. The molecule has 0 fully saturated rings. The van der Waals surface area contributed by atoms with Crippen molar-refractivity contribution in [2.75, 3.05) is 5.01 Å². The highest BCUT2D eigenvalue weighted by Gasteiger charge is 2.14. The summed E-state index contributed by atoms with van der Waals surface area (Å²) in [5, 5.41) is 5.30. The minimum Gasteiger partial charge on any atom is -0.366 e. The van der Waals surface area contributed by atoms with E-state index in [1.165, 1.54) is 6.34 Å². The Hall–Kier alpha value is -2.08. The van der Waals surface area contributed by atoms with E-state index in [9.17, 15) is 4.79 Å². The molecule has 1 aliphatic heterocycles. The van der Waals surface area contributed by atoms with Gasteiger partial charge in [0.2, 0.25) is 0 Å². The molecule has 1 aromatic carbocycles. The Labute approximate surface area is 80.3 Å². The number of nitrogens with two attached hydrogens (primary N) is 1. The van der Waals surface area contributed by atoms with Crippen LogP contribution in [0.25, 0.3) is 0 Å². The first kappa shape index (κ1) is 8.52. The van der Waals surface area contributed by atoms with Crippen molar-refractivity contribution in [1.29, 1.82) is 0 Å². The molecule has 6 nitrogen and oxygen atoms in total. The molecule has 6 heteroatoms. The van der Waals surface area contributed by atoms with Crippen LogP contribution >= 0.6 is 0 Å². The highest BCUT2D eigenvalue weighted by atomic mass is 16.1. The Balaban J connectivity index is 2.40. The Kier molecular flexibility index (Phi) is 2.04. The predicted octanol–water partition coefficient (Wildman–Crippen LogP) is -0.442. The van der Waals surface area contributed by atoms with Crippen LogP contribution in [0.4, 0.5) is 5.69 Å². The van der Waals surface area contributed by atoms with Crippen LogP contribution in [0.2, 0.25) is 0 Å². The number of anilines is 1. The van der Waals surface area contributed by atoms with Crippen LogP contribution in [0.5, 0.6) is 0 Å². The standard InChI is InChI=1S/C8H9N5O/c9-8(14)6-3-1-2-4-7(6)13-5-10-11-12-13/h1-5,11-12H,(H2,9,14). The Morgan fingerprint density at radius 1 is 1.43 bits per heavy atom. The molecule has 0 unspecified atom stereocenters. The van der Waals surface area contributed by atoms with Crippen molar-refractivity contribution in [3.63, 3.8) is 0 Å². The van der Waals surface area contributed by atoms with Crippen LogP contribution in [-0.4, -0.2) is 12.2 Å². The molecule has 0 saturated heterocycles. The highest BCUT2D eigenvalue weighted by Crippen LogP contribution is 2.17. The minimum atomic E-state index is -0.470. The molecular weight excluding hydrogens is 182 g/mol. The third-order valence-electron chi connectivity index (χ3n) is 1.84. The van der Waals surface area contributed by atoms with Gasteiger partial charge in [-0.1, -0.05) is 12.1 Å². The van der Waals surface area contributed by atoms with E-state index in [4.69, 9.17) is 5.73 Å². The first-order chi connectivity index (χ1) is 6.79. The maximum absolute atomic E-state index is 11.1. The van der Waals surface area contributed by atoms with Gasteiger partial charge in [0.1, 0.15) is 6.34 Å². The minimum absolute atomic E-state index is 0.440. The molecule has 1 aromatic rings. The van der Waals surface area contributed by atoms with Gasteiger partial charge >= 0.3 is 0 Å². The number of rotatable bonds is 2. The van der Waals surface area contributed by atoms with E-state index >= 15 is 0 Å². The van der Waals surface area contributed by atoms with Crippen LogP contribution in [0, 0.1) is 0 Å². The van der Waals surface area contributed by atoms with E-state index in [0.717, 1.165) is 0 Å². The second-order valence-corrected chi connectivity index (χ2v) is 2.72. The van der Waals surface area contributed by atoms with Gasteiger partial charge in [0.05, 0.1) is 11.3 Å². The van der Waals surface area contributed by atoms with Gasteiger partial charge in [-0.2, -0.15) is 5.10 Å². The van der Waals surface area contributed by atoms with Gasteiger partial charge in [0.15, 0.2) is 0 Å². The van der Waals surface area contributed by atoms with Crippen molar-refractivity contribution in [1.82, 2.24) is 11.1 Å². The zero-order valence-corrected chi connectivity index (χ0v) is 7.27. The molecule has 1 aliphatic rings. The number of nitrogens with zero attached hydrogens (tertiary/aromatic N) is 2.